The Labute approximate surface area is 127 Å². The maximum Gasteiger partial charge on any atom is 0.243 e. The number of nitrogens with zero attached hydrogens (tertiary/aromatic N) is 1. The highest BCUT2D eigenvalue weighted by Gasteiger charge is 2.44. The third-order valence-electron chi connectivity index (χ3n) is 4.89. The highest BCUT2D eigenvalue weighted by Crippen LogP contribution is 2.37. The first kappa shape index (κ1) is 17.7. The fourth-order valence-electron chi connectivity index (χ4n) is 2.95. The highest BCUT2D eigenvalue weighted by molar-refractivity contribution is 7.92. The number of nitrogens with one attached hydrogen (secondary N) is 1. The van der Waals surface area contributed by atoms with Gasteiger partial charge in [0.05, 0.1) is 0 Å². The van der Waals surface area contributed by atoms with Crippen LogP contribution in [0.4, 0.5) is 0 Å². The first-order valence-electron chi connectivity index (χ1n) is 6.88. The van der Waals surface area contributed by atoms with Crippen LogP contribution in [0.2, 0.25) is 0 Å². The zero-order chi connectivity index (χ0) is 14.3. The lowest BCUT2D eigenvalue weighted by Crippen LogP contribution is -2.53. The minimum absolute atomic E-state index is 0. The first-order chi connectivity index (χ1) is 8.68. The van der Waals surface area contributed by atoms with E-state index in [-0.39, 0.29) is 18.3 Å². The molecule has 2 aliphatic rings. The van der Waals surface area contributed by atoms with Gasteiger partial charge in [-0.15, -0.1) is 12.4 Å². The molecular formula is C13H25ClN2O3S. The van der Waals surface area contributed by atoms with Crippen molar-refractivity contribution in [1.29, 1.82) is 0 Å². The van der Waals surface area contributed by atoms with Crippen molar-refractivity contribution in [3.05, 3.63) is 0 Å². The number of amides is 1. The molecule has 2 saturated heterocycles. The van der Waals surface area contributed by atoms with Gasteiger partial charge in [0.25, 0.3) is 0 Å². The van der Waals surface area contributed by atoms with Crippen molar-refractivity contribution in [2.24, 2.45) is 5.41 Å². The van der Waals surface area contributed by atoms with Crippen molar-refractivity contribution >= 4 is 28.2 Å². The Morgan fingerprint density at radius 3 is 2.15 bits per heavy atom. The summed E-state index contributed by atoms with van der Waals surface area (Å²) in [5.74, 6) is -0.254. The van der Waals surface area contributed by atoms with Crippen LogP contribution in [0.3, 0.4) is 0 Å². The summed E-state index contributed by atoms with van der Waals surface area (Å²) in [5.41, 5.74) is 0.339. The van der Waals surface area contributed by atoms with Gasteiger partial charge in [-0.2, -0.15) is 0 Å². The molecule has 0 atom stereocenters. The Kier molecular flexibility index (Phi) is 5.15. The van der Waals surface area contributed by atoms with Gasteiger partial charge in [0.15, 0.2) is 9.84 Å². The van der Waals surface area contributed by atoms with E-state index >= 15 is 0 Å². The predicted molar refractivity (Wildman–Crippen MR) is 81.9 cm³/mol. The molecule has 1 N–H and O–H groups in total. The molecule has 0 aromatic carbocycles. The maximum absolute atomic E-state index is 12.4. The molecule has 7 heteroatoms. The van der Waals surface area contributed by atoms with E-state index in [0.29, 0.717) is 18.5 Å². The molecule has 0 aliphatic carbocycles. The molecule has 118 valence electrons. The quantitative estimate of drug-likeness (QED) is 0.817. The number of hydrogen-bond acceptors (Lipinski definition) is 4. The molecule has 0 saturated carbocycles. The van der Waals surface area contributed by atoms with Crippen LogP contribution >= 0.6 is 12.4 Å². The number of halogens is 1. The fourth-order valence-corrected chi connectivity index (χ4v) is 3.39. The van der Waals surface area contributed by atoms with E-state index in [1.807, 2.05) is 0 Å². The van der Waals surface area contributed by atoms with Crippen LogP contribution in [-0.2, 0) is 14.6 Å². The van der Waals surface area contributed by atoms with Crippen molar-refractivity contribution in [2.75, 3.05) is 32.4 Å². The van der Waals surface area contributed by atoms with E-state index < -0.39 is 14.6 Å². The second-order valence-corrected chi connectivity index (χ2v) is 9.07. The van der Waals surface area contributed by atoms with Crippen LogP contribution in [0.25, 0.3) is 0 Å². The van der Waals surface area contributed by atoms with Crippen molar-refractivity contribution in [3.63, 3.8) is 0 Å². The van der Waals surface area contributed by atoms with E-state index in [1.54, 1.807) is 4.90 Å². The number of sulfone groups is 1. The minimum Gasteiger partial charge on any atom is -0.341 e. The SMILES string of the molecule is CC(C)(C(=O)N1CCC2(CCNC2)CC1)S(C)(=O)=O.Cl. The summed E-state index contributed by atoms with van der Waals surface area (Å²) in [6.07, 6.45) is 4.26. The smallest absolute Gasteiger partial charge is 0.243 e. The molecule has 0 radical (unpaired) electrons. The first-order valence-corrected chi connectivity index (χ1v) is 8.77. The van der Waals surface area contributed by atoms with Gasteiger partial charge in [-0.25, -0.2) is 8.42 Å². The normalized spacial score (nSPS) is 22.6. The molecule has 2 heterocycles. The van der Waals surface area contributed by atoms with E-state index in [2.05, 4.69) is 5.32 Å². The molecule has 0 aromatic rings. The second kappa shape index (κ2) is 5.81. The van der Waals surface area contributed by atoms with Gasteiger partial charge in [0, 0.05) is 25.9 Å². The zero-order valence-electron chi connectivity index (χ0n) is 12.4. The number of piperidine rings is 1. The van der Waals surface area contributed by atoms with E-state index in [9.17, 15) is 13.2 Å². The molecule has 2 rings (SSSR count). The van der Waals surface area contributed by atoms with Gasteiger partial charge in [-0.3, -0.25) is 4.79 Å². The Bertz CT molecular complexity index is 460. The summed E-state index contributed by atoms with van der Waals surface area (Å²) in [7, 11) is -3.38. The molecule has 2 aliphatic heterocycles. The summed E-state index contributed by atoms with van der Waals surface area (Å²) < 4.78 is 22.1. The number of carbonyl (C=O) groups excluding carboxylic acids is 1. The van der Waals surface area contributed by atoms with Gasteiger partial charge in [0.2, 0.25) is 5.91 Å². The number of likely N-dealkylation sites (tertiary alicyclic amines) is 1. The monoisotopic (exact) mass is 324 g/mol. The van der Waals surface area contributed by atoms with E-state index in [1.165, 1.54) is 20.3 Å². The fraction of sp³-hybridized carbons (Fsp3) is 0.923. The van der Waals surface area contributed by atoms with Crippen LogP contribution < -0.4 is 5.32 Å². The summed E-state index contributed by atoms with van der Waals surface area (Å²) in [4.78, 5) is 14.1. The molecule has 2 fully saturated rings. The van der Waals surface area contributed by atoms with Gasteiger partial charge in [0.1, 0.15) is 4.75 Å². The summed E-state index contributed by atoms with van der Waals surface area (Å²) in [6.45, 7) is 6.46. The van der Waals surface area contributed by atoms with Crippen LogP contribution in [0.5, 0.6) is 0 Å². The minimum atomic E-state index is -3.38. The summed E-state index contributed by atoms with van der Waals surface area (Å²) in [6, 6.07) is 0. The Morgan fingerprint density at radius 1 is 1.20 bits per heavy atom. The molecule has 5 nitrogen and oxygen atoms in total. The lowest BCUT2D eigenvalue weighted by Gasteiger charge is -2.41. The molecule has 0 unspecified atom stereocenters. The molecule has 0 bridgehead atoms. The molecular weight excluding hydrogens is 300 g/mol. The van der Waals surface area contributed by atoms with Crippen molar-refractivity contribution in [1.82, 2.24) is 10.2 Å². The third-order valence-corrected chi connectivity index (χ3v) is 6.91. The van der Waals surface area contributed by atoms with Crippen LogP contribution in [-0.4, -0.2) is 56.4 Å². The number of carbonyl (C=O) groups is 1. The van der Waals surface area contributed by atoms with E-state index in [4.69, 9.17) is 0 Å². The molecule has 1 amide bonds. The largest absolute Gasteiger partial charge is 0.341 e. The van der Waals surface area contributed by atoms with Gasteiger partial charge >= 0.3 is 0 Å². The second-order valence-electron chi connectivity index (χ2n) is 6.50. The van der Waals surface area contributed by atoms with Gasteiger partial charge in [-0.05, 0) is 45.1 Å². The predicted octanol–water partition coefficient (Wildman–Crippen LogP) is 0.833. The maximum atomic E-state index is 12.4. The topological polar surface area (TPSA) is 66.5 Å². The van der Waals surface area contributed by atoms with Crippen LogP contribution in [0.15, 0.2) is 0 Å². The number of hydrogen-bond donors (Lipinski definition) is 1. The molecule has 0 aromatic heterocycles. The Morgan fingerprint density at radius 2 is 1.75 bits per heavy atom. The summed E-state index contributed by atoms with van der Waals surface area (Å²) in [5, 5.41) is 3.38. The Hall–Kier alpha value is -0.330. The van der Waals surface area contributed by atoms with Gasteiger partial charge < -0.3 is 10.2 Å². The third kappa shape index (κ3) is 3.12. The van der Waals surface area contributed by atoms with Crippen LogP contribution in [0, 0.1) is 5.41 Å². The standard InChI is InChI=1S/C13H24N2O3S.ClH/c1-12(2,19(3,17)18)11(16)15-8-5-13(6-9-15)4-7-14-10-13;/h14H,4-10H2,1-3H3;1H. The van der Waals surface area contributed by atoms with Crippen molar-refractivity contribution in [3.8, 4) is 0 Å². The zero-order valence-corrected chi connectivity index (χ0v) is 14.1. The lowest BCUT2D eigenvalue weighted by atomic mass is 9.77. The van der Waals surface area contributed by atoms with Crippen molar-refractivity contribution < 1.29 is 13.2 Å². The number of rotatable bonds is 2. The summed E-state index contributed by atoms with van der Waals surface area (Å²) >= 11 is 0. The van der Waals surface area contributed by atoms with Crippen LogP contribution in [0.1, 0.15) is 33.1 Å². The average molecular weight is 325 g/mol. The molecule has 1 spiro atoms. The lowest BCUT2D eigenvalue weighted by molar-refractivity contribution is -0.135. The average Bonchev–Trinajstić information content (AvgIpc) is 2.76. The highest BCUT2D eigenvalue weighted by atomic mass is 35.5. The molecule has 20 heavy (non-hydrogen) atoms. The Balaban J connectivity index is 0.00000200. The van der Waals surface area contributed by atoms with Gasteiger partial charge in [-0.1, -0.05) is 0 Å². The van der Waals surface area contributed by atoms with Crippen molar-refractivity contribution in [2.45, 2.75) is 37.9 Å². The van der Waals surface area contributed by atoms with E-state index in [0.717, 1.165) is 32.2 Å².